The van der Waals surface area contributed by atoms with Crippen molar-refractivity contribution in [2.45, 2.75) is 59.3 Å². The third-order valence-electron chi connectivity index (χ3n) is 7.38. The number of methoxy groups -OCH3 is 2. The molecule has 248 valence electrons. The lowest BCUT2D eigenvalue weighted by Gasteiger charge is -2.32. The van der Waals surface area contributed by atoms with E-state index in [1.165, 1.54) is 57.0 Å². The smallest absolute Gasteiger partial charge is 0.306 e. The molecule has 1 heterocycles. The zero-order valence-corrected chi connectivity index (χ0v) is 28.5. The summed E-state index contributed by atoms with van der Waals surface area (Å²) in [6, 6.07) is 0. The number of esters is 2. The molecule has 0 bridgehead atoms. The summed E-state index contributed by atoms with van der Waals surface area (Å²) in [5.41, 5.74) is 0. The summed E-state index contributed by atoms with van der Waals surface area (Å²) in [7, 11) is 2.72. The standard InChI is InChI=1S/C30H54N4O7S2/c1-6-26(35)33(17-16-32-13-8-7-9-14-32)18-19-34(30(39)25(3)23-43-21-11-28(37)41-5)15-12-31-29(38)24(2)22-42-20-10-27(36)40-4/h24-25H,6-23H2,1-5H3,(H,31,38). The van der Waals surface area contributed by atoms with Crippen LogP contribution in [0.4, 0.5) is 0 Å². The van der Waals surface area contributed by atoms with Crippen LogP contribution in [0.3, 0.4) is 0 Å². The number of carbonyl (C=O) groups is 5. The van der Waals surface area contributed by atoms with Crippen molar-refractivity contribution >= 4 is 53.2 Å². The lowest BCUT2D eigenvalue weighted by Crippen LogP contribution is -2.47. The third-order valence-corrected chi connectivity index (χ3v) is 9.84. The minimum absolute atomic E-state index is 0.0360. The van der Waals surface area contributed by atoms with Crippen LogP contribution in [0.5, 0.6) is 0 Å². The second-order valence-corrected chi connectivity index (χ2v) is 13.2. The first-order valence-electron chi connectivity index (χ1n) is 15.5. The summed E-state index contributed by atoms with van der Waals surface area (Å²) in [5.74, 6) is 1.17. The van der Waals surface area contributed by atoms with Gasteiger partial charge in [-0.2, -0.15) is 23.5 Å². The van der Waals surface area contributed by atoms with Crippen molar-refractivity contribution in [1.29, 1.82) is 0 Å². The number of rotatable bonds is 22. The van der Waals surface area contributed by atoms with Gasteiger partial charge in [0.05, 0.1) is 27.1 Å². The monoisotopic (exact) mass is 646 g/mol. The van der Waals surface area contributed by atoms with E-state index >= 15 is 0 Å². The lowest BCUT2D eigenvalue weighted by atomic mass is 10.1. The average molecular weight is 647 g/mol. The Morgan fingerprint density at radius 3 is 1.91 bits per heavy atom. The van der Waals surface area contributed by atoms with E-state index < -0.39 is 0 Å². The highest BCUT2D eigenvalue weighted by Crippen LogP contribution is 2.14. The number of piperidine rings is 1. The predicted molar refractivity (Wildman–Crippen MR) is 173 cm³/mol. The third kappa shape index (κ3) is 17.2. The molecular formula is C30H54N4O7S2. The molecule has 11 nitrogen and oxygen atoms in total. The molecule has 1 rings (SSSR count). The quantitative estimate of drug-likeness (QED) is 0.139. The van der Waals surface area contributed by atoms with Crippen LogP contribution in [0.15, 0.2) is 0 Å². The van der Waals surface area contributed by atoms with E-state index in [4.69, 9.17) is 0 Å². The number of hydrogen-bond donors (Lipinski definition) is 1. The summed E-state index contributed by atoms with van der Waals surface area (Å²) >= 11 is 3.06. The van der Waals surface area contributed by atoms with Gasteiger partial charge in [-0.1, -0.05) is 27.2 Å². The molecule has 1 saturated heterocycles. The van der Waals surface area contributed by atoms with Gasteiger partial charge in [0, 0.05) is 80.5 Å². The fraction of sp³-hybridized carbons (Fsp3) is 0.833. The highest BCUT2D eigenvalue weighted by Gasteiger charge is 2.23. The number of amides is 3. The fourth-order valence-corrected chi connectivity index (χ4v) is 6.54. The zero-order valence-electron chi connectivity index (χ0n) is 26.9. The fourth-order valence-electron chi connectivity index (χ4n) is 4.59. The minimum Gasteiger partial charge on any atom is -0.469 e. The molecule has 1 aliphatic heterocycles. The largest absolute Gasteiger partial charge is 0.469 e. The molecule has 0 aromatic rings. The van der Waals surface area contributed by atoms with Gasteiger partial charge in [-0.05, 0) is 25.9 Å². The topological polar surface area (TPSA) is 126 Å². The zero-order chi connectivity index (χ0) is 32.0. The summed E-state index contributed by atoms with van der Waals surface area (Å²) in [4.78, 5) is 67.7. The van der Waals surface area contributed by atoms with Gasteiger partial charge in [0.15, 0.2) is 0 Å². The van der Waals surface area contributed by atoms with E-state index in [2.05, 4.69) is 19.7 Å². The highest BCUT2D eigenvalue weighted by molar-refractivity contribution is 7.99. The van der Waals surface area contributed by atoms with Crippen molar-refractivity contribution in [3.8, 4) is 0 Å². The number of likely N-dealkylation sites (tertiary alicyclic amines) is 1. The molecule has 2 atom stereocenters. The van der Waals surface area contributed by atoms with E-state index in [0.717, 1.165) is 19.6 Å². The SMILES string of the molecule is CCC(=O)N(CCN1CCCCC1)CCN(CCNC(=O)C(C)CSCCC(=O)OC)C(=O)C(C)CSCCC(=O)OC. The van der Waals surface area contributed by atoms with Crippen LogP contribution in [0.2, 0.25) is 0 Å². The van der Waals surface area contributed by atoms with Crippen LogP contribution in [-0.4, -0.2) is 134 Å². The molecule has 1 fully saturated rings. The van der Waals surface area contributed by atoms with Crippen molar-refractivity contribution < 1.29 is 33.4 Å². The van der Waals surface area contributed by atoms with Crippen molar-refractivity contribution in [3.05, 3.63) is 0 Å². The number of ether oxygens (including phenoxy) is 2. The molecule has 1 N–H and O–H groups in total. The van der Waals surface area contributed by atoms with Gasteiger partial charge in [-0.25, -0.2) is 0 Å². The van der Waals surface area contributed by atoms with Crippen molar-refractivity contribution in [2.24, 2.45) is 11.8 Å². The Labute approximate surface area is 266 Å². The maximum atomic E-state index is 13.5. The Bertz CT molecular complexity index is 858. The molecule has 0 radical (unpaired) electrons. The van der Waals surface area contributed by atoms with E-state index in [1.807, 2.05) is 25.7 Å². The van der Waals surface area contributed by atoms with E-state index in [0.29, 0.717) is 75.0 Å². The molecule has 43 heavy (non-hydrogen) atoms. The van der Waals surface area contributed by atoms with Crippen LogP contribution >= 0.6 is 23.5 Å². The number of nitrogens with one attached hydrogen (secondary N) is 1. The second-order valence-electron chi connectivity index (χ2n) is 10.9. The lowest BCUT2D eigenvalue weighted by molar-refractivity contribution is -0.141. The normalized spacial score (nSPS) is 14.8. The van der Waals surface area contributed by atoms with E-state index in [1.54, 1.807) is 4.90 Å². The van der Waals surface area contributed by atoms with Crippen molar-refractivity contribution in [3.63, 3.8) is 0 Å². The van der Waals surface area contributed by atoms with Gasteiger partial charge in [-0.3, -0.25) is 24.0 Å². The Morgan fingerprint density at radius 1 is 0.791 bits per heavy atom. The molecular weight excluding hydrogens is 592 g/mol. The minimum atomic E-state index is -0.285. The Balaban J connectivity index is 2.72. The van der Waals surface area contributed by atoms with Crippen LogP contribution in [0.25, 0.3) is 0 Å². The molecule has 2 unspecified atom stereocenters. The van der Waals surface area contributed by atoms with Gasteiger partial charge < -0.3 is 29.5 Å². The maximum Gasteiger partial charge on any atom is 0.306 e. The Morgan fingerprint density at radius 2 is 1.35 bits per heavy atom. The summed E-state index contributed by atoms with van der Waals surface area (Å²) in [5, 5.41) is 2.95. The number of hydrogen-bond acceptors (Lipinski definition) is 10. The number of nitrogens with zero attached hydrogens (tertiary/aromatic N) is 3. The first-order chi connectivity index (χ1) is 20.6. The molecule has 0 aromatic carbocycles. The van der Waals surface area contributed by atoms with E-state index in [9.17, 15) is 24.0 Å². The molecule has 1 aliphatic rings. The van der Waals surface area contributed by atoms with Gasteiger partial charge >= 0.3 is 11.9 Å². The predicted octanol–water partition coefficient (Wildman–Crippen LogP) is 2.52. The summed E-state index contributed by atoms with van der Waals surface area (Å²) < 4.78 is 9.33. The first-order valence-corrected chi connectivity index (χ1v) is 17.8. The number of thioether (sulfide) groups is 2. The van der Waals surface area contributed by atoms with Crippen LogP contribution in [-0.2, 0) is 33.4 Å². The first kappa shape index (κ1) is 39.0. The average Bonchev–Trinajstić information content (AvgIpc) is 3.03. The Kier molecular flexibility index (Phi) is 21.2. The van der Waals surface area contributed by atoms with Gasteiger partial charge in [0.25, 0.3) is 0 Å². The van der Waals surface area contributed by atoms with Crippen molar-refractivity contribution in [1.82, 2.24) is 20.0 Å². The van der Waals surface area contributed by atoms with Crippen LogP contribution in [0, 0.1) is 11.8 Å². The Hall–Kier alpha value is -1.99. The molecule has 13 heteroatoms. The summed E-state index contributed by atoms with van der Waals surface area (Å²) in [6.07, 6.45) is 4.65. The van der Waals surface area contributed by atoms with Gasteiger partial charge in [-0.15, -0.1) is 0 Å². The molecule has 0 aromatic heterocycles. The maximum absolute atomic E-state index is 13.5. The molecule has 3 amide bonds. The molecule has 0 aliphatic carbocycles. The molecule has 0 saturated carbocycles. The van der Waals surface area contributed by atoms with E-state index in [-0.39, 0.29) is 41.5 Å². The molecule has 0 spiro atoms. The van der Waals surface area contributed by atoms with Gasteiger partial charge in [0.2, 0.25) is 17.7 Å². The summed E-state index contributed by atoms with van der Waals surface area (Å²) in [6.45, 7) is 10.6. The highest BCUT2D eigenvalue weighted by atomic mass is 32.2. The van der Waals surface area contributed by atoms with Crippen LogP contribution < -0.4 is 5.32 Å². The second kappa shape index (κ2) is 23.4. The van der Waals surface area contributed by atoms with Crippen molar-refractivity contribution in [2.75, 3.05) is 89.6 Å². The van der Waals surface area contributed by atoms with Crippen LogP contribution in [0.1, 0.15) is 59.3 Å². The number of carbonyl (C=O) groups excluding carboxylic acids is 5. The van der Waals surface area contributed by atoms with Gasteiger partial charge in [0.1, 0.15) is 0 Å².